The van der Waals surface area contributed by atoms with Gasteiger partial charge in [0.15, 0.2) is 0 Å². The Morgan fingerprint density at radius 2 is 1.94 bits per heavy atom. The topological polar surface area (TPSA) is 55.1 Å². The van der Waals surface area contributed by atoms with Crippen molar-refractivity contribution in [2.75, 3.05) is 6.54 Å². The van der Waals surface area contributed by atoms with Gasteiger partial charge in [0.25, 0.3) is 0 Å². The summed E-state index contributed by atoms with van der Waals surface area (Å²) in [6.45, 7) is 4.75. The highest BCUT2D eigenvalue weighted by molar-refractivity contribution is 5.81. The van der Waals surface area contributed by atoms with Gasteiger partial charge in [-0.1, -0.05) is 46.0 Å². The number of carbonyl (C=O) groups excluding carboxylic acids is 1. The molecular weight excluding hydrogens is 200 g/mol. The molecule has 0 aliphatic heterocycles. The van der Waals surface area contributed by atoms with Crippen molar-refractivity contribution in [3.63, 3.8) is 0 Å². The smallest absolute Gasteiger partial charge is 0.237 e. The summed E-state index contributed by atoms with van der Waals surface area (Å²) < 4.78 is 0. The second-order valence-electron chi connectivity index (χ2n) is 5.35. The van der Waals surface area contributed by atoms with Gasteiger partial charge >= 0.3 is 0 Å². The Balaban J connectivity index is 2.12. The van der Waals surface area contributed by atoms with Crippen LogP contribution in [0.15, 0.2) is 0 Å². The first kappa shape index (κ1) is 13.5. The van der Waals surface area contributed by atoms with Crippen LogP contribution in [0.4, 0.5) is 0 Å². The van der Waals surface area contributed by atoms with E-state index in [0.29, 0.717) is 0 Å². The SMILES string of the molecule is CC(C)C(N)C(=O)NCCC1CCCCC1. The van der Waals surface area contributed by atoms with Crippen LogP contribution in [0, 0.1) is 11.8 Å². The van der Waals surface area contributed by atoms with Crippen molar-refractivity contribution < 1.29 is 4.79 Å². The first-order chi connectivity index (χ1) is 7.61. The molecule has 0 saturated heterocycles. The third-order valence-electron chi connectivity index (χ3n) is 3.60. The lowest BCUT2D eigenvalue weighted by molar-refractivity contribution is -0.123. The molecule has 0 aromatic rings. The second kappa shape index (κ2) is 6.89. The Bertz CT molecular complexity index is 210. The van der Waals surface area contributed by atoms with E-state index in [4.69, 9.17) is 5.73 Å². The number of nitrogens with two attached hydrogens (primary N) is 1. The zero-order chi connectivity index (χ0) is 12.0. The molecule has 1 unspecified atom stereocenters. The van der Waals surface area contributed by atoms with Gasteiger partial charge in [0.2, 0.25) is 5.91 Å². The maximum Gasteiger partial charge on any atom is 0.237 e. The van der Waals surface area contributed by atoms with Gasteiger partial charge in [-0.2, -0.15) is 0 Å². The largest absolute Gasteiger partial charge is 0.355 e. The summed E-state index contributed by atoms with van der Waals surface area (Å²) in [5.41, 5.74) is 5.77. The van der Waals surface area contributed by atoms with Gasteiger partial charge in [-0.25, -0.2) is 0 Å². The van der Waals surface area contributed by atoms with E-state index < -0.39 is 0 Å². The molecule has 16 heavy (non-hydrogen) atoms. The van der Waals surface area contributed by atoms with E-state index in [1.165, 1.54) is 32.1 Å². The molecule has 0 heterocycles. The molecule has 0 radical (unpaired) electrons. The van der Waals surface area contributed by atoms with Gasteiger partial charge < -0.3 is 11.1 Å². The van der Waals surface area contributed by atoms with Crippen molar-refractivity contribution in [2.24, 2.45) is 17.6 Å². The zero-order valence-corrected chi connectivity index (χ0v) is 10.7. The number of nitrogens with one attached hydrogen (secondary N) is 1. The molecule has 94 valence electrons. The van der Waals surface area contributed by atoms with E-state index in [1.54, 1.807) is 0 Å². The molecule has 0 bridgehead atoms. The van der Waals surface area contributed by atoms with Gasteiger partial charge in [-0.15, -0.1) is 0 Å². The minimum absolute atomic E-state index is 0.00538. The fourth-order valence-corrected chi connectivity index (χ4v) is 2.30. The Morgan fingerprint density at radius 1 is 1.31 bits per heavy atom. The van der Waals surface area contributed by atoms with E-state index in [-0.39, 0.29) is 17.9 Å². The van der Waals surface area contributed by atoms with Crippen LogP contribution in [-0.2, 0) is 4.79 Å². The summed E-state index contributed by atoms with van der Waals surface area (Å²) in [7, 11) is 0. The van der Waals surface area contributed by atoms with Crippen molar-refractivity contribution in [2.45, 2.75) is 58.4 Å². The van der Waals surface area contributed by atoms with Crippen molar-refractivity contribution in [3.8, 4) is 0 Å². The minimum atomic E-state index is -0.355. The molecule has 1 atom stereocenters. The van der Waals surface area contributed by atoms with E-state index in [2.05, 4.69) is 5.32 Å². The van der Waals surface area contributed by atoms with Crippen LogP contribution in [0.5, 0.6) is 0 Å². The van der Waals surface area contributed by atoms with Gasteiger partial charge in [-0.05, 0) is 18.3 Å². The van der Waals surface area contributed by atoms with Crippen LogP contribution in [0.25, 0.3) is 0 Å². The highest BCUT2D eigenvalue weighted by Gasteiger charge is 2.17. The van der Waals surface area contributed by atoms with Crippen molar-refractivity contribution in [3.05, 3.63) is 0 Å². The fraction of sp³-hybridized carbons (Fsp3) is 0.923. The predicted molar refractivity (Wildman–Crippen MR) is 67.0 cm³/mol. The summed E-state index contributed by atoms with van der Waals surface area (Å²) in [4.78, 5) is 11.6. The standard InChI is InChI=1S/C13H26N2O/c1-10(2)12(14)13(16)15-9-8-11-6-4-3-5-7-11/h10-12H,3-9,14H2,1-2H3,(H,15,16). The molecule has 1 aliphatic rings. The maximum atomic E-state index is 11.6. The van der Waals surface area contributed by atoms with Crippen molar-refractivity contribution >= 4 is 5.91 Å². The van der Waals surface area contributed by atoms with Crippen LogP contribution >= 0.6 is 0 Å². The molecule has 3 nitrogen and oxygen atoms in total. The van der Waals surface area contributed by atoms with E-state index in [0.717, 1.165) is 18.9 Å². The Labute approximate surface area is 99.2 Å². The van der Waals surface area contributed by atoms with Gasteiger partial charge in [0, 0.05) is 6.54 Å². The van der Waals surface area contributed by atoms with Gasteiger partial charge in [0.1, 0.15) is 0 Å². The number of hydrogen-bond donors (Lipinski definition) is 2. The lowest BCUT2D eigenvalue weighted by atomic mass is 9.87. The number of rotatable bonds is 5. The Kier molecular flexibility index (Phi) is 5.81. The lowest BCUT2D eigenvalue weighted by Crippen LogP contribution is -2.44. The Hall–Kier alpha value is -0.570. The third-order valence-corrected chi connectivity index (χ3v) is 3.60. The molecule has 1 rings (SSSR count). The van der Waals surface area contributed by atoms with E-state index >= 15 is 0 Å². The quantitative estimate of drug-likeness (QED) is 0.754. The molecule has 1 saturated carbocycles. The summed E-state index contributed by atoms with van der Waals surface area (Å²) in [6, 6.07) is -0.355. The number of hydrogen-bond acceptors (Lipinski definition) is 2. The van der Waals surface area contributed by atoms with E-state index in [9.17, 15) is 4.79 Å². The summed E-state index contributed by atoms with van der Waals surface area (Å²) in [5, 5.41) is 2.95. The number of amides is 1. The van der Waals surface area contributed by atoms with Crippen LogP contribution < -0.4 is 11.1 Å². The highest BCUT2D eigenvalue weighted by Crippen LogP contribution is 2.25. The van der Waals surface area contributed by atoms with Crippen molar-refractivity contribution in [1.82, 2.24) is 5.32 Å². The predicted octanol–water partition coefficient (Wildman–Crippen LogP) is 2.06. The molecule has 0 spiro atoms. The third kappa shape index (κ3) is 4.52. The first-order valence-electron chi connectivity index (χ1n) is 6.64. The normalized spacial score (nSPS) is 19.8. The first-order valence-corrected chi connectivity index (χ1v) is 6.64. The molecule has 1 aliphatic carbocycles. The number of carbonyl (C=O) groups is 1. The fourth-order valence-electron chi connectivity index (χ4n) is 2.30. The molecule has 1 fully saturated rings. The van der Waals surface area contributed by atoms with Crippen molar-refractivity contribution in [1.29, 1.82) is 0 Å². The Morgan fingerprint density at radius 3 is 2.50 bits per heavy atom. The summed E-state index contributed by atoms with van der Waals surface area (Å²) >= 11 is 0. The van der Waals surface area contributed by atoms with Gasteiger partial charge in [-0.3, -0.25) is 4.79 Å². The molecule has 3 N–H and O–H groups in total. The summed E-state index contributed by atoms with van der Waals surface area (Å²) in [6.07, 6.45) is 7.92. The minimum Gasteiger partial charge on any atom is -0.355 e. The lowest BCUT2D eigenvalue weighted by Gasteiger charge is -2.22. The van der Waals surface area contributed by atoms with Gasteiger partial charge in [0.05, 0.1) is 6.04 Å². The average molecular weight is 226 g/mol. The average Bonchev–Trinajstić information content (AvgIpc) is 2.29. The zero-order valence-electron chi connectivity index (χ0n) is 10.7. The molecule has 0 aromatic heterocycles. The maximum absolute atomic E-state index is 11.6. The summed E-state index contributed by atoms with van der Waals surface area (Å²) in [5.74, 6) is 1.05. The molecular formula is C13H26N2O. The van der Waals surface area contributed by atoms with Crippen LogP contribution in [0.1, 0.15) is 52.4 Å². The van der Waals surface area contributed by atoms with Crippen LogP contribution in [0.3, 0.4) is 0 Å². The second-order valence-corrected chi connectivity index (χ2v) is 5.35. The monoisotopic (exact) mass is 226 g/mol. The highest BCUT2D eigenvalue weighted by atomic mass is 16.2. The molecule has 0 aromatic carbocycles. The van der Waals surface area contributed by atoms with E-state index in [1.807, 2.05) is 13.8 Å². The molecule has 3 heteroatoms. The van der Waals surface area contributed by atoms with Crippen LogP contribution in [0.2, 0.25) is 0 Å². The van der Waals surface area contributed by atoms with Crippen LogP contribution in [-0.4, -0.2) is 18.5 Å². The molecule has 1 amide bonds.